The van der Waals surface area contributed by atoms with E-state index in [1.54, 1.807) is 6.92 Å². The van der Waals surface area contributed by atoms with Crippen molar-refractivity contribution in [3.63, 3.8) is 0 Å². The third kappa shape index (κ3) is 3.94. The molecule has 1 heterocycles. The van der Waals surface area contributed by atoms with Crippen LogP contribution in [0.15, 0.2) is 60.7 Å². The first-order chi connectivity index (χ1) is 13.4. The van der Waals surface area contributed by atoms with Crippen molar-refractivity contribution in [3.05, 3.63) is 88.7 Å². The summed E-state index contributed by atoms with van der Waals surface area (Å²) in [6.07, 6.45) is 0. The van der Waals surface area contributed by atoms with Gasteiger partial charge in [-0.2, -0.15) is 5.10 Å². The molecule has 0 bridgehead atoms. The summed E-state index contributed by atoms with van der Waals surface area (Å²) < 4.78 is 0. The molecule has 2 unspecified atom stereocenters. The summed E-state index contributed by atoms with van der Waals surface area (Å²) in [5, 5.41) is 7.99. The maximum atomic E-state index is 12.8. The third-order valence-corrected chi connectivity index (χ3v) is 5.43. The molecule has 0 fully saturated rings. The summed E-state index contributed by atoms with van der Waals surface area (Å²) in [6.45, 7) is 10.4. The number of rotatable bonds is 7. The Morgan fingerprint density at radius 2 is 1.25 bits per heavy atom. The molecule has 146 valence electrons. The molecule has 0 aliphatic rings. The zero-order chi connectivity index (χ0) is 20.3. The second-order valence-electron chi connectivity index (χ2n) is 8.22. The summed E-state index contributed by atoms with van der Waals surface area (Å²) in [6, 6.07) is 20.8. The van der Waals surface area contributed by atoms with E-state index in [4.69, 9.17) is 5.10 Å². The quantitative estimate of drug-likeness (QED) is 0.501. The van der Waals surface area contributed by atoms with Crippen LogP contribution in [-0.4, -0.2) is 16.0 Å². The molecule has 3 nitrogen and oxygen atoms in total. The molecule has 3 aromatic rings. The highest BCUT2D eigenvalue weighted by Crippen LogP contribution is 2.39. The number of hydrogen-bond acceptors (Lipinski definition) is 2. The van der Waals surface area contributed by atoms with E-state index in [9.17, 15) is 4.79 Å². The van der Waals surface area contributed by atoms with Gasteiger partial charge in [0.1, 0.15) is 0 Å². The van der Waals surface area contributed by atoms with E-state index in [0.717, 1.165) is 17.0 Å². The van der Waals surface area contributed by atoms with Gasteiger partial charge in [0.25, 0.3) is 0 Å². The van der Waals surface area contributed by atoms with Gasteiger partial charge < -0.3 is 0 Å². The van der Waals surface area contributed by atoms with E-state index < -0.39 is 0 Å². The van der Waals surface area contributed by atoms with Gasteiger partial charge in [-0.3, -0.25) is 9.89 Å². The van der Waals surface area contributed by atoms with Gasteiger partial charge in [-0.1, -0.05) is 88.4 Å². The number of carbonyl (C=O) groups excluding carboxylic acids is 1. The molecule has 3 heteroatoms. The van der Waals surface area contributed by atoms with E-state index in [2.05, 4.69) is 69.2 Å². The number of benzene rings is 2. The standard InChI is InChI=1S/C25H30N2O/c1-16(2)21(19-12-8-6-9-13-19)24-23(18(5)28)25(27-26-24)22(17(3)4)20-14-10-7-11-15-20/h6-17,21-22H,1-5H3,(H,26,27). The number of Topliss-reactive ketones (excluding diaryl/α,β-unsaturated/α-hetero) is 1. The number of carbonyl (C=O) groups is 1. The lowest BCUT2D eigenvalue weighted by Crippen LogP contribution is -2.16. The minimum absolute atomic E-state index is 0.0712. The SMILES string of the molecule is CC(=O)c1c(C(c2ccccc2)C(C)C)n[nH]c1C(c1ccccc1)C(C)C. The summed E-state index contributed by atoms with van der Waals surface area (Å²) >= 11 is 0. The van der Waals surface area contributed by atoms with Gasteiger partial charge in [-0.15, -0.1) is 0 Å². The van der Waals surface area contributed by atoms with Crippen molar-refractivity contribution in [1.29, 1.82) is 0 Å². The molecule has 0 saturated heterocycles. The Balaban J connectivity index is 2.18. The van der Waals surface area contributed by atoms with Gasteiger partial charge in [0, 0.05) is 11.8 Å². The summed E-state index contributed by atoms with van der Waals surface area (Å²) in [5.74, 6) is 0.912. The van der Waals surface area contributed by atoms with Gasteiger partial charge in [-0.05, 0) is 29.9 Å². The fraction of sp³-hybridized carbons (Fsp3) is 0.360. The van der Waals surface area contributed by atoms with Crippen molar-refractivity contribution in [2.24, 2.45) is 11.8 Å². The lowest BCUT2D eigenvalue weighted by atomic mass is 9.79. The molecule has 2 aromatic carbocycles. The van der Waals surface area contributed by atoms with Crippen molar-refractivity contribution < 1.29 is 4.79 Å². The molecule has 0 aliphatic heterocycles. The van der Waals surface area contributed by atoms with Crippen LogP contribution in [-0.2, 0) is 0 Å². The Labute approximate surface area is 168 Å². The molecule has 3 rings (SSSR count). The number of aromatic nitrogens is 2. The Bertz CT molecular complexity index is 841. The molecular formula is C25H30N2O. The van der Waals surface area contributed by atoms with Gasteiger partial charge in [0.15, 0.2) is 5.78 Å². The Morgan fingerprint density at radius 1 is 0.786 bits per heavy atom. The third-order valence-electron chi connectivity index (χ3n) is 5.43. The molecule has 0 radical (unpaired) electrons. The lowest BCUT2D eigenvalue weighted by Gasteiger charge is -2.23. The number of nitrogens with zero attached hydrogens (tertiary/aromatic N) is 1. The van der Waals surface area contributed by atoms with Crippen LogP contribution in [0.1, 0.15) is 79.3 Å². The lowest BCUT2D eigenvalue weighted by molar-refractivity contribution is 0.101. The van der Waals surface area contributed by atoms with Gasteiger partial charge in [0.2, 0.25) is 0 Å². The molecule has 2 atom stereocenters. The van der Waals surface area contributed by atoms with E-state index in [1.807, 2.05) is 24.3 Å². The predicted octanol–water partition coefficient (Wildman–Crippen LogP) is 6.19. The van der Waals surface area contributed by atoms with Crippen LogP contribution >= 0.6 is 0 Å². The number of hydrogen-bond donors (Lipinski definition) is 1. The fourth-order valence-electron chi connectivity index (χ4n) is 4.25. The maximum absolute atomic E-state index is 12.8. The molecule has 28 heavy (non-hydrogen) atoms. The highest BCUT2D eigenvalue weighted by atomic mass is 16.1. The molecule has 0 aliphatic carbocycles. The Morgan fingerprint density at radius 3 is 1.68 bits per heavy atom. The van der Waals surface area contributed by atoms with E-state index in [-0.39, 0.29) is 17.6 Å². The number of aromatic amines is 1. The van der Waals surface area contributed by atoms with E-state index >= 15 is 0 Å². The minimum atomic E-state index is 0.0712. The topological polar surface area (TPSA) is 45.8 Å². The Kier molecular flexibility index (Phi) is 6.13. The van der Waals surface area contributed by atoms with Crippen LogP contribution < -0.4 is 0 Å². The van der Waals surface area contributed by atoms with Gasteiger partial charge >= 0.3 is 0 Å². The van der Waals surface area contributed by atoms with Gasteiger partial charge in [-0.25, -0.2) is 0 Å². The summed E-state index contributed by atoms with van der Waals surface area (Å²) in [4.78, 5) is 12.8. The van der Waals surface area contributed by atoms with Crippen LogP contribution in [0.4, 0.5) is 0 Å². The summed E-state index contributed by atoms with van der Waals surface area (Å²) in [5.41, 5.74) is 4.95. The predicted molar refractivity (Wildman–Crippen MR) is 115 cm³/mol. The minimum Gasteiger partial charge on any atom is -0.294 e. The molecule has 0 saturated carbocycles. The monoisotopic (exact) mass is 374 g/mol. The first kappa shape index (κ1) is 20.1. The number of ketones is 1. The molecule has 0 amide bonds. The first-order valence-corrected chi connectivity index (χ1v) is 10.1. The molecular weight excluding hydrogens is 344 g/mol. The maximum Gasteiger partial charge on any atom is 0.163 e. The average molecular weight is 375 g/mol. The molecule has 0 spiro atoms. The highest BCUT2D eigenvalue weighted by Gasteiger charge is 2.32. The number of H-pyrrole nitrogens is 1. The van der Waals surface area contributed by atoms with Crippen molar-refractivity contribution in [2.45, 2.75) is 46.5 Å². The van der Waals surface area contributed by atoms with Crippen LogP contribution in [0.2, 0.25) is 0 Å². The van der Waals surface area contributed by atoms with Crippen molar-refractivity contribution in [2.75, 3.05) is 0 Å². The number of nitrogens with one attached hydrogen (secondary N) is 1. The van der Waals surface area contributed by atoms with E-state index in [1.165, 1.54) is 11.1 Å². The fourth-order valence-corrected chi connectivity index (χ4v) is 4.25. The largest absolute Gasteiger partial charge is 0.294 e. The normalized spacial score (nSPS) is 13.7. The van der Waals surface area contributed by atoms with Crippen LogP contribution in [0.3, 0.4) is 0 Å². The zero-order valence-electron chi connectivity index (χ0n) is 17.4. The average Bonchev–Trinajstić information content (AvgIpc) is 3.07. The van der Waals surface area contributed by atoms with Crippen LogP contribution in [0, 0.1) is 11.8 Å². The van der Waals surface area contributed by atoms with Crippen molar-refractivity contribution in [1.82, 2.24) is 10.2 Å². The second kappa shape index (κ2) is 8.55. The van der Waals surface area contributed by atoms with E-state index in [0.29, 0.717) is 11.8 Å². The second-order valence-corrected chi connectivity index (χ2v) is 8.22. The summed E-state index contributed by atoms with van der Waals surface area (Å²) in [7, 11) is 0. The zero-order valence-corrected chi connectivity index (χ0v) is 17.4. The molecule has 1 aromatic heterocycles. The smallest absolute Gasteiger partial charge is 0.163 e. The Hall–Kier alpha value is -2.68. The highest BCUT2D eigenvalue weighted by molar-refractivity contribution is 5.97. The van der Waals surface area contributed by atoms with Crippen molar-refractivity contribution in [3.8, 4) is 0 Å². The molecule has 1 N–H and O–H groups in total. The van der Waals surface area contributed by atoms with Crippen LogP contribution in [0.25, 0.3) is 0 Å². The van der Waals surface area contributed by atoms with Gasteiger partial charge in [0.05, 0.1) is 17.0 Å². The first-order valence-electron chi connectivity index (χ1n) is 10.1. The van der Waals surface area contributed by atoms with Crippen molar-refractivity contribution >= 4 is 5.78 Å². The van der Waals surface area contributed by atoms with Crippen LogP contribution in [0.5, 0.6) is 0 Å².